The molecule has 0 radical (unpaired) electrons. The molecule has 0 aliphatic rings. The molecule has 0 saturated carbocycles. The predicted molar refractivity (Wildman–Crippen MR) is 132 cm³/mol. The van der Waals surface area contributed by atoms with Crippen molar-refractivity contribution < 1.29 is 4.48 Å². The lowest BCUT2D eigenvalue weighted by atomic mass is 10.1. The van der Waals surface area contributed by atoms with E-state index in [1.54, 1.807) is 0 Å². The Morgan fingerprint density at radius 3 is 1.26 bits per heavy atom. The number of terminal acetylenes is 1. The Morgan fingerprint density at radius 2 is 0.889 bits per heavy atom. The minimum Gasteiger partial charge on any atom is -0.303 e. The monoisotopic (exact) mass is 490 g/mol. The first-order valence-corrected chi connectivity index (χ1v) is 13.4. The van der Waals surface area contributed by atoms with Gasteiger partial charge in [0.1, 0.15) is 0 Å². The lowest BCUT2D eigenvalue weighted by Gasteiger charge is -2.41. The van der Waals surface area contributed by atoms with Gasteiger partial charge in [-0.05, 0) is 44.4 Å². The van der Waals surface area contributed by atoms with Crippen LogP contribution in [0.25, 0.3) is 0 Å². The van der Waals surface area contributed by atoms with Crippen molar-refractivity contribution in [2.24, 2.45) is 0 Å². The van der Waals surface area contributed by atoms with Gasteiger partial charge >= 0.3 is 0 Å². The first-order valence-electron chi connectivity index (χ1n) is 12.1. The maximum atomic E-state index is 5.91. The molecule has 0 spiro atoms. The first-order chi connectivity index (χ1) is 13.2. The standard InChI is InChI=1S/C25H49IN/c1-5-9-12-13-14-15-16-17-18-21-24-27(25(26)8-4,22-19-10-6-2)23-20-11-7-3/h4,25H,5-7,9-24H2,1-3H3/q+1. The summed E-state index contributed by atoms with van der Waals surface area (Å²) in [5.41, 5.74) is 0. The molecule has 0 aliphatic heterocycles. The maximum absolute atomic E-state index is 5.91. The molecule has 0 heterocycles. The van der Waals surface area contributed by atoms with Gasteiger partial charge in [0, 0.05) is 22.6 Å². The van der Waals surface area contributed by atoms with E-state index in [1.807, 2.05) is 0 Å². The SMILES string of the molecule is C#CC(I)[N+](CCCCC)(CCCCC)CCCCCCCCCCCC. The summed E-state index contributed by atoms with van der Waals surface area (Å²) in [6.07, 6.45) is 28.0. The molecule has 0 amide bonds. The van der Waals surface area contributed by atoms with Gasteiger partial charge in [-0.15, -0.1) is 6.42 Å². The van der Waals surface area contributed by atoms with Gasteiger partial charge in [0.15, 0.2) is 0 Å². The molecule has 27 heavy (non-hydrogen) atoms. The van der Waals surface area contributed by atoms with E-state index in [0.717, 1.165) is 0 Å². The largest absolute Gasteiger partial charge is 0.303 e. The van der Waals surface area contributed by atoms with E-state index in [0.29, 0.717) is 4.05 Å². The zero-order valence-electron chi connectivity index (χ0n) is 18.9. The van der Waals surface area contributed by atoms with E-state index in [-0.39, 0.29) is 0 Å². The summed E-state index contributed by atoms with van der Waals surface area (Å²) in [4.78, 5) is 0. The summed E-state index contributed by atoms with van der Waals surface area (Å²) in [5.74, 6) is 3.10. The van der Waals surface area contributed by atoms with Crippen molar-refractivity contribution in [3.05, 3.63) is 0 Å². The molecule has 0 fully saturated rings. The molecule has 1 unspecified atom stereocenters. The van der Waals surface area contributed by atoms with Crippen LogP contribution in [0.2, 0.25) is 0 Å². The Balaban J connectivity index is 4.29. The Hall–Kier alpha value is 0.250. The topological polar surface area (TPSA) is 0 Å². The minimum atomic E-state index is 0.342. The van der Waals surface area contributed by atoms with E-state index in [4.69, 9.17) is 6.42 Å². The van der Waals surface area contributed by atoms with Gasteiger partial charge in [-0.3, -0.25) is 0 Å². The molecule has 1 nitrogen and oxygen atoms in total. The molecular formula is C25H49IN+. The lowest BCUT2D eigenvalue weighted by molar-refractivity contribution is -0.927. The van der Waals surface area contributed by atoms with Crippen LogP contribution in [0, 0.1) is 12.3 Å². The molecule has 0 rings (SSSR count). The van der Waals surface area contributed by atoms with Gasteiger partial charge < -0.3 is 4.48 Å². The average molecular weight is 491 g/mol. The van der Waals surface area contributed by atoms with E-state index in [2.05, 4.69) is 49.3 Å². The molecule has 0 aliphatic carbocycles. The second kappa shape index (κ2) is 19.6. The quantitative estimate of drug-likeness (QED) is 0.0401. The maximum Gasteiger partial charge on any atom is 0.200 e. The Labute approximate surface area is 186 Å². The third-order valence-electron chi connectivity index (χ3n) is 5.99. The van der Waals surface area contributed by atoms with Crippen LogP contribution in [-0.4, -0.2) is 28.2 Å². The van der Waals surface area contributed by atoms with Crippen LogP contribution < -0.4 is 0 Å². The highest BCUT2D eigenvalue weighted by Crippen LogP contribution is 2.25. The van der Waals surface area contributed by atoms with Crippen LogP contribution in [0.1, 0.15) is 124 Å². The molecule has 2 heteroatoms. The average Bonchev–Trinajstić information content (AvgIpc) is 2.68. The molecule has 0 aromatic carbocycles. The number of rotatable bonds is 20. The molecule has 0 aromatic heterocycles. The van der Waals surface area contributed by atoms with Gasteiger partial charge in [0.2, 0.25) is 4.05 Å². The van der Waals surface area contributed by atoms with Gasteiger partial charge in [-0.2, -0.15) is 0 Å². The fourth-order valence-electron chi connectivity index (χ4n) is 4.10. The molecule has 0 aromatic rings. The highest BCUT2D eigenvalue weighted by Gasteiger charge is 2.32. The summed E-state index contributed by atoms with van der Waals surface area (Å²) in [5, 5.41) is 0. The fraction of sp³-hybridized carbons (Fsp3) is 0.920. The Morgan fingerprint density at radius 1 is 0.593 bits per heavy atom. The van der Waals surface area contributed by atoms with Crippen LogP contribution >= 0.6 is 22.6 Å². The Bertz CT molecular complexity index is 337. The normalized spacial score (nSPS) is 12.9. The molecule has 0 saturated heterocycles. The molecule has 160 valence electrons. The Kier molecular flexibility index (Phi) is 19.7. The van der Waals surface area contributed by atoms with Crippen LogP contribution in [0.4, 0.5) is 0 Å². The van der Waals surface area contributed by atoms with Gasteiger partial charge in [-0.25, -0.2) is 0 Å². The van der Waals surface area contributed by atoms with E-state index >= 15 is 0 Å². The number of hydrogen-bond donors (Lipinski definition) is 0. The van der Waals surface area contributed by atoms with Crippen LogP contribution in [0.5, 0.6) is 0 Å². The third-order valence-corrected chi connectivity index (χ3v) is 7.53. The molecular weight excluding hydrogens is 441 g/mol. The fourth-order valence-corrected chi connectivity index (χ4v) is 4.94. The zero-order valence-corrected chi connectivity index (χ0v) is 21.1. The van der Waals surface area contributed by atoms with E-state index in [9.17, 15) is 0 Å². The molecule has 1 atom stereocenters. The highest BCUT2D eigenvalue weighted by atomic mass is 127. The number of hydrogen-bond acceptors (Lipinski definition) is 0. The number of unbranched alkanes of at least 4 members (excludes halogenated alkanes) is 13. The van der Waals surface area contributed by atoms with Crippen molar-refractivity contribution in [3.8, 4) is 12.3 Å². The zero-order chi connectivity index (χ0) is 20.2. The van der Waals surface area contributed by atoms with Crippen molar-refractivity contribution in [3.63, 3.8) is 0 Å². The molecule has 0 bridgehead atoms. The summed E-state index contributed by atoms with van der Waals surface area (Å²) in [6, 6.07) is 0. The van der Waals surface area contributed by atoms with E-state index < -0.39 is 0 Å². The van der Waals surface area contributed by atoms with Crippen LogP contribution in [0.15, 0.2) is 0 Å². The van der Waals surface area contributed by atoms with Gasteiger partial charge in [0.25, 0.3) is 0 Å². The van der Waals surface area contributed by atoms with E-state index in [1.165, 1.54) is 127 Å². The second-order valence-electron chi connectivity index (χ2n) is 8.49. The van der Waals surface area contributed by atoms with Crippen molar-refractivity contribution in [2.75, 3.05) is 19.6 Å². The lowest BCUT2D eigenvalue weighted by Crippen LogP contribution is -2.54. The smallest absolute Gasteiger partial charge is 0.200 e. The van der Waals surface area contributed by atoms with Crippen molar-refractivity contribution in [2.45, 2.75) is 128 Å². The summed E-state index contributed by atoms with van der Waals surface area (Å²) < 4.78 is 1.52. The number of alkyl halides is 1. The minimum absolute atomic E-state index is 0.342. The number of quaternary nitrogens is 1. The summed E-state index contributed by atoms with van der Waals surface area (Å²) >= 11 is 2.55. The molecule has 0 N–H and O–H groups in total. The summed E-state index contributed by atoms with van der Waals surface area (Å²) in [7, 11) is 0. The van der Waals surface area contributed by atoms with Gasteiger partial charge in [-0.1, -0.05) is 85.0 Å². The van der Waals surface area contributed by atoms with Crippen molar-refractivity contribution in [1.29, 1.82) is 0 Å². The number of nitrogens with zero attached hydrogens (tertiary/aromatic N) is 1. The predicted octanol–water partition coefficient (Wildman–Crippen LogP) is 8.50. The number of halogens is 1. The van der Waals surface area contributed by atoms with Gasteiger partial charge in [0.05, 0.1) is 19.6 Å². The summed E-state index contributed by atoms with van der Waals surface area (Å²) in [6.45, 7) is 10.8. The first kappa shape index (κ1) is 27.2. The van der Waals surface area contributed by atoms with Crippen molar-refractivity contribution >= 4 is 22.6 Å². The van der Waals surface area contributed by atoms with Crippen molar-refractivity contribution in [1.82, 2.24) is 0 Å². The van der Waals surface area contributed by atoms with Crippen LogP contribution in [-0.2, 0) is 0 Å². The van der Waals surface area contributed by atoms with Crippen LogP contribution in [0.3, 0.4) is 0 Å². The second-order valence-corrected chi connectivity index (χ2v) is 9.67. The highest BCUT2D eigenvalue weighted by molar-refractivity contribution is 14.1. The third kappa shape index (κ3) is 14.0.